The molecule has 1 amide bonds. The fourth-order valence-electron chi connectivity index (χ4n) is 2.64. The fourth-order valence-corrected chi connectivity index (χ4v) is 4.13. The second-order valence-corrected chi connectivity index (χ2v) is 7.31. The number of amides is 1. The van der Waals surface area contributed by atoms with Crippen LogP contribution < -0.4 is 5.32 Å². The Kier molecular flexibility index (Phi) is 5.36. The number of carbonyl (C=O) groups excluding carboxylic acids is 1. The van der Waals surface area contributed by atoms with Crippen molar-refractivity contribution < 1.29 is 13.2 Å². The molecule has 1 aromatic rings. The standard InChI is InChI=1S/C15H22N2O3S/c1-16-15(18)8-7-13-9-11-17(12-10-13)21(19,20)14-5-3-2-4-6-14/h2-6,13H,7-12H2,1H3,(H,16,18). The van der Waals surface area contributed by atoms with E-state index < -0.39 is 10.0 Å². The van der Waals surface area contributed by atoms with Crippen LogP contribution >= 0.6 is 0 Å². The third-order valence-electron chi connectivity index (χ3n) is 4.01. The monoisotopic (exact) mass is 310 g/mol. The lowest BCUT2D eigenvalue weighted by Gasteiger charge is -2.31. The van der Waals surface area contributed by atoms with Crippen molar-refractivity contribution in [2.75, 3.05) is 20.1 Å². The van der Waals surface area contributed by atoms with Crippen molar-refractivity contribution in [3.63, 3.8) is 0 Å². The summed E-state index contributed by atoms with van der Waals surface area (Å²) in [6.07, 6.45) is 3.00. The van der Waals surface area contributed by atoms with Crippen LogP contribution in [0.15, 0.2) is 35.2 Å². The second kappa shape index (κ2) is 7.04. The number of hydrogen-bond donors (Lipinski definition) is 1. The number of piperidine rings is 1. The lowest BCUT2D eigenvalue weighted by molar-refractivity contribution is -0.120. The highest BCUT2D eigenvalue weighted by Crippen LogP contribution is 2.26. The number of nitrogens with one attached hydrogen (secondary N) is 1. The van der Waals surface area contributed by atoms with Crippen LogP contribution in [-0.2, 0) is 14.8 Å². The van der Waals surface area contributed by atoms with E-state index in [1.165, 1.54) is 0 Å². The maximum Gasteiger partial charge on any atom is 0.243 e. The van der Waals surface area contributed by atoms with Crippen molar-refractivity contribution in [3.05, 3.63) is 30.3 Å². The van der Waals surface area contributed by atoms with Crippen LogP contribution in [0.1, 0.15) is 25.7 Å². The summed E-state index contributed by atoms with van der Waals surface area (Å²) in [6.45, 7) is 1.07. The van der Waals surface area contributed by atoms with Gasteiger partial charge in [-0.1, -0.05) is 18.2 Å². The first-order valence-corrected chi connectivity index (χ1v) is 8.74. The number of carbonyl (C=O) groups is 1. The van der Waals surface area contributed by atoms with Gasteiger partial charge in [0.05, 0.1) is 4.90 Å². The Hall–Kier alpha value is -1.40. The minimum atomic E-state index is -3.37. The zero-order chi connectivity index (χ0) is 15.3. The van der Waals surface area contributed by atoms with E-state index in [4.69, 9.17) is 0 Å². The Morgan fingerprint density at radius 2 is 1.86 bits per heavy atom. The third-order valence-corrected chi connectivity index (χ3v) is 5.93. The molecule has 1 aromatic carbocycles. The minimum Gasteiger partial charge on any atom is -0.359 e. The van der Waals surface area contributed by atoms with Gasteiger partial charge < -0.3 is 5.32 Å². The maximum atomic E-state index is 12.5. The zero-order valence-electron chi connectivity index (χ0n) is 12.3. The molecule has 0 aliphatic carbocycles. The van der Waals surface area contributed by atoms with E-state index in [1.54, 1.807) is 35.6 Å². The number of rotatable bonds is 5. The molecule has 0 atom stereocenters. The normalized spacial score (nSPS) is 17.6. The van der Waals surface area contributed by atoms with Gasteiger partial charge in [0.25, 0.3) is 0 Å². The fraction of sp³-hybridized carbons (Fsp3) is 0.533. The highest BCUT2D eigenvalue weighted by molar-refractivity contribution is 7.89. The van der Waals surface area contributed by atoms with Gasteiger partial charge in [-0.2, -0.15) is 4.31 Å². The molecule has 0 spiro atoms. The lowest BCUT2D eigenvalue weighted by Crippen LogP contribution is -2.38. The first kappa shape index (κ1) is 16.0. The molecule has 21 heavy (non-hydrogen) atoms. The van der Waals surface area contributed by atoms with Gasteiger partial charge >= 0.3 is 0 Å². The minimum absolute atomic E-state index is 0.0503. The van der Waals surface area contributed by atoms with E-state index in [0.29, 0.717) is 30.3 Å². The molecule has 0 radical (unpaired) electrons. The average Bonchev–Trinajstić information content (AvgIpc) is 2.53. The van der Waals surface area contributed by atoms with Gasteiger partial charge in [0.15, 0.2) is 0 Å². The predicted octanol–water partition coefficient (Wildman–Crippen LogP) is 1.61. The highest BCUT2D eigenvalue weighted by atomic mass is 32.2. The van der Waals surface area contributed by atoms with Crippen LogP contribution in [0.25, 0.3) is 0 Å². The zero-order valence-corrected chi connectivity index (χ0v) is 13.1. The molecule has 1 aliphatic heterocycles. The summed E-state index contributed by atoms with van der Waals surface area (Å²) in [5.41, 5.74) is 0. The topological polar surface area (TPSA) is 66.5 Å². The number of benzene rings is 1. The first-order chi connectivity index (χ1) is 10.0. The maximum absolute atomic E-state index is 12.5. The Labute approximate surface area is 126 Å². The molecular weight excluding hydrogens is 288 g/mol. The number of nitrogens with zero attached hydrogens (tertiary/aromatic N) is 1. The third kappa shape index (κ3) is 4.04. The van der Waals surface area contributed by atoms with Gasteiger partial charge in [0, 0.05) is 26.6 Å². The molecule has 5 nitrogen and oxygen atoms in total. The lowest BCUT2D eigenvalue weighted by atomic mass is 9.93. The molecule has 1 aliphatic rings. The summed E-state index contributed by atoms with van der Waals surface area (Å²) in [5, 5.41) is 2.61. The smallest absolute Gasteiger partial charge is 0.243 e. The molecule has 0 unspecified atom stereocenters. The Morgan fingerprint density at radius 3 is 2.43 bits per heavy atom. The molecule has 2 rings (SSSR count). The van der Waals surface area contributed by atoms with Gasteiger partial charge in [0.2, 0.25) is 15.9 Å². The van der Waals surface area contributed by atoms with Crippen LogP contribution in [0.4, 0.5) is 0 Å². The molecule has 1 heterocycles. The molecule has 1 saturated heterocycles. The Bertz CT molecular complexity index is 564. The molecule has 0 bridgehead atoms. The Morgan fingerprint density at radius 1 is 1.24 bits per heavy atom. The summed E-state index contributed by atoms with van der Waals surface area (Å²) in [5.74, 6) is 0.485. The summed E-state index contributed by atoms with van der Waals surface area (Å²) in [6, 6.07) is 8.55. The summed E-state index contributed by atoms with van der Waals surface area (Å²) >= 11 is 0. The molecule has 0 aromatic heterocycles. The van der Waals surface area contributed by atoms with Gasteiger partial charge in [-0.05, 0) is 37.3 Å². The first-order valence-electron chi connectivity index (χ1n) is 7.30. The second-order valence-electron chi connectivity index (χ2n) is 5.37. The SMILES string of the molecule is CNC(=O)CCC1CCN(S(=O)(=O)c2ccccc2)CC1. The van der Waals surface area contributed by atoms with E-state index in [1.807, 2.05) is 6.07 Å². The van der Waals surface area contributed by atoms with Gasteiger partial charge in [0.1, 0.15) is 0 Å². The quantitative estimate of drug-likeness (QED) is 0.898. The molecule has 1 N–H and O–H groups in total. The van der Waals surface area contributed by atoms with Crippen LogP contribution in [0.5, 0.6) is 0 Å². The van der Waals surface area contributed by atoms with E-state index in [0.717, 1.165) is 19.3 Å². The molecule has 6 heteroatoms. The van der Waals surface area contributed by atoms with E-state index in [2.05, 4.69) is 5.32 Å². The van der Waals surface area contributed by atoms with Gasteiger partial charge in [-0.3, -0.25) is 4.79 Å². The van der Waals surface area contributed by atoms with E-state index in [9.17, 15) is 13.2 Å². The van der Waals surface area contributed by atoms with Crippen molar-refractivity contribution in [2.24, 2.45) is 5.92 Å². The van der Waals surface area contributed by atoms with Crippen LogP contribution in [-0.4, -0.2) is 38.8 Å². The van der Waals surface area contributed by atoms with E-state index >= 15 is 0 Å². The molecule has 1 fully saturated rings. The largest absolute Gasteiger partial charge is 0.359 e. The van der Waals surface area contributed by atoms with Crippen molar-refractivity contribution in [1.82, 2.24) is 9.62 Å². The van der Waals surface area contributed by atoms with Gasteiger partial charge in [-0.15, -0.1) is 0 Å². The van der Waals surface area contributed by atoms with Crippen molar-refractivity contribution in [1.29, 1.82) is 0 Å². The molecule has 116 valence electrons. The van der Waals surface area contributed by atoms with Crippen LogP contribution in [0.3, 0.4) is 0 Å². The average molecular weight is 310 g/mol. The summed E-state index contributed by atoms with van der Waals surface area (Å²) in [7, 11) is -1.73. The molecular formula is C15H22N2O3S. The van der Waals surface area contributed by atoms with Crippen molar-refractivity contribution >= 4 is 15.9 Å². The summed E-state index contributed by atoms with van der Waals surface area (Å²) in [4.78, 5) is 11.6. The van der Waals surface area contributed by atoms with Gasteiger partial charge in [-0.25, -0.2) is 8.42 Å². The number of hydrogen-bond acceptors (Lipinski definition) is 3. The molecule has 0 saturated carbocycles. The van der Waals surface area contributed by atoms with E-state index in [-0.39, 0.29) is 5.91 Å². The van der Waals surface area contributed by atoms with Crippen molar-refractivity contribution in [3.8, 4) is 0 Å². The summed E-state index contributed by atoms with van der Waals surface area (Å²) < 4.78 is 26.5. The highest BCUT2D eigenvalue weighted by Gasteiger charge is 2.29. The van der Waals surface area contributed by atoms with Crippen LogP contribution in [0, 0.1) is 5.92 Å². The van der Waals surface area contributed by atoms with Crippen LogP contribution in [0.2, 0.25) is 0 Å². The van der Waals surface area contributed by atoms with Crippen molar-refractivity contribution in [2.45, 2.75) is 30.6 Å². The predicted molar refractivity (Wildman–Crippen MR) is 81.2 cm³/mol. The Balaban J connectivity index is 1.90. The number of sulfonamides is 1.